The summed E-state index contributed by atoms with van der Waals surface area (Å²) in [5, 5.41) is 0.200. The second kappa shape index (κ2) is 5.06. The molecule has 2 rings (SSSR count). The highest BCUT2D eigenvalue weighted by Crippen LogP contribution is 2.41. The van der Waals surface area contributed by atoms with Crippen molar-refractivity contribution in [3.63, 3.8) is 0 Å². The van der Waals surface area contributed by atoms with Crippen LogP contribution >= 0.6 is 0 Å². The van der Waals surface area contributed by atoms with Crippen molar-refractivity contribution in [3.05, 3.63) is 0 Å². The minimum atomic E-state index is -1.79. The van der Waals surface area contributed by atoms with E-state index in [1.165, 1.54) is 0 Å². The van der Waals surface area contributed by atoms with Gasteiger partial charge in [0.25, 0.3) is 0 Å². The lowest BCUT2D eigenvalue weighted by Crippen LogP contribution is -2.48. The minimum Gasteiger partial charge on any atom is -0.411 e. The van der Waals surface area contributed by atoms with E-state index in [0.717, 1.165) is 0 Å². The number of fused-ring (bicyclic) bond motifs is 1. The van der Waals surface area contributed by atoms with E-state index in [9.17, 15) is 0 Å². The first kappa shape index (κ1) is 16.4. The van der Waals surface area contributed by atoms with E-state index in [0.29, 0.717) is 6.61 Å². The quantitative estimate of drug-likeness (QED) is 0.750. The molecule has 5 heteroatoms. The molecule has 0 aromatic heterocycles. The van der Waals surface area contributed by atoms with Crippen molar-refractivity contribution in [2.45, 2.75) is 89.9 Å². The lowest BCUT2D eigenvalue weighted by molar-refractivity contribution is -0.182. The molecule has 2 aliphatic rings. The van der Waals surface area contributed by atoms with Gasteiger partial charge in [0.15, 0.2) is 14.1 Å². The molecule has 4 nitrogen and oxygen atoms in total. The van der Waals surface area contributed by atoms with Gasteiger partial charge in [0, 0.05) is 0 Å². The van der Waals surface area contributed by atoms with Crippen LogP contribution in [-0.2, 0) is 18.6 Å². The highest BCUT2D eigenvalue weighted by molar-refractivity contribution is 6.74. The van der Waals surface area contributed by atoms with Crippen molar-refractivity contribution in [2.75, 3.05) is 6.61 Å². The van der Waals surface area contributed by atoms with Crippen LogP contribution in [0.3, 0.4) is 0 Å². The molecular weight excluding hydrogens is 272 g/mol. The summed E-state index contributed by atoms with van der Waals surface area (Å²) in [7, 11) is -1.79. The first-order valence-corrected chi connectivity index (χ1v) is 10.5. The first-order chi connectivity index (χ1) is 8.93. The molecule has 0 radical (unpaired) electrons. The van der Waals surface area contributed by atoms with Gasteiger partial charge in [-0.05, 0) is 38.9 Å². The molecule has 0 aliphatic carbocycles. The highest BCUT2D eigenvalue weighted by atomic mass is 28.4. The summed E-state index contributed by atoms with van der Waals surface area (Å²) < 4.78 is 24.2. The van der Waals surface area contributed by atoms with Gasteiger partial charge < -0.3 is 18.6 Å². The zero-order chi connectivity index (χ0) is 15.3. The van der Waals surface area contributed by atoms with E-state index in [1.54, 1.807) is 0 Å². The van der Waals surface area contributed by atoms with Gasteiger partial charge >= 0.3 is 0 Å². The molecule has 0 saturated carbocycles. The number of rotatable bonds is 3. The third-order valence-electron chi connectivity index (χ3n) is 4.75. The molecular formula is C15H30O4Si. The van der Waals surface area contributed by atoms with Gasteiger partial charge in [-0.25, -0.2) is 0 Å². The molecule has 2 fully saturated rings. The molecule has 2 saturated heterocycles. The predicted octanol–water partition coefficient (Wildman–Crippen LogP) is 3.32. The van der Waals surface area contributed by atoms with Crippen molar-refractivity contribution >= 4 is 8.32 Å². The number of hydrogen-bond donors (Lipinski definition) is 0. The third kappa shape index (κ3) is 3.12. The van der Waals surface area contributed by atoms with Gasteiger partial charge in [-0.1, -0.05) is 20.8 Å². The smallest absolute Gasteiger partial charge is 0.192 e. The van der Waals surface area contributed by atoms with E-state index < -0.39 is 14.1 Å². The second-order valence-electron chi connectivity index (χ2n) is 8.02. The van der Waals surface area contributed by atoms with E-state index in [1.807, 2.05) is 13.8 Å². The Morgan fingerprint density at radius 1 is 1.20 bits per heavy atom. The minimum absolute atomic E-state index is 0.00947. The summed E-state index contributed by atoms with van der Waals surface area (Å²) >= 11 is 0. The van der Waals surface area contributed by atoms with Crippen LogP contribution in [0.15, 0.2) is 0 Å². The Bertz CT molecular complexity index is 361. The SMILES string of the molecule is C[C@H](O[Si](C)(C)C(C)(C)C)[C@H]1OC[C@@H]2OC(C)(C)O[C@H]12. The van der Waals surface area contributed by atoms with Gasteiger partial charge in [-0.3, -0.25) is 0 Å². The molecule has 0 amide bonds. The maximum Gasteiger partial charge on any atom is 0.192 e. The lowest BCUT2D eigenvalue weighted by Gasteiger charge is -2.40. The Morgan fingerprint density at radius 2 is 1.80 bits per heavy atom. The number of hydrogen-bond acceptors (Lipinski definition) is 4. The van der Waals surface area contributed by atoms with Crippen LogP contribution in [0.1, 0.15) is 41.5 Å². The van der Waals surface area contributed by atoms with E-state index >= 15 is 0 Å². The zero-order valence-electron chi connectivity index (χ0n) is 14.1. The van der Waals surface area contributed by atoms with Gasteiger partial charge in [0.05, 0.1) is 12.7 Å². The summed E-state index contributed by atoms with van der Waals surface area (Å²) in [5.74, 6) is -0.506. The molecule has 0 bridgehead atoms. The zero-order valence-corrected chi connectivity index (χ0v) is 15.1. The predicted molar refractivity (Wildman–Crippen MR) is 81.3 cm³/mol. The fourth-order valence-electron chi connectivity index (χ4n) is 2.68. The molecule has 0 N–H and O–H groups in total. The largest absolute Gasteiger partial charge is 0.411 e. The van der Waals surface area contributed by atoms with Crippen LogP contribution in [0, 0.1) is 0 Å². The highest BCUT2D eigenvalue weighted by Gasteiger charge is 2.53. The maximum atomic E-state index is 6.44. The number of ether oxygens (including phenoxy) is 3. The second-order valence-corrected chi connectivity index (χ2v) is 12.8. The van der Waals surface area contributed by atoms with E-state index in [4.69, 9.17) is 18.6 Å². The molecule has 118 valence electrons. The van der Waals surface area contributed by atoms with Crippen molar-refractivity contribution in [1.29, 1.82) is 0 Å². The Hall–Kier alpha value is 0.0569. The van der Waals surface area contributed by atoms with Crippen LogP contribution in [0.2, 0.25) is 18.1 Å². The standard InChI is InChI=1S/C15H30O4Si/c1-10(19-20(7,8)14(2,3)4)12-13-11(9-16-12)17-15(5,6)18-13/h10-13H,9H2,1-8H3/t10-,11-,12+,13-/m0/s1. The van der Waals surface area contributed by atoms with Gasteiger partial charge in [0.1, 0.15) is 18.3 Å². The first-order valence-electron chi connectivity index (χ1n) is 7.58. The fraction of sp³-hybridized carbons (Fsp3) is 1.00. The van der Waals surface area contributed by atoms with Crippen LogP contribution < -0.4 is 0 Å². The van der Waals surface area contributed by atoms with Crippen LogP contribution in [0.5, 0.6) is 0 Å². The summed E-state index contributed by atoms with van der Waals surface area (Å²) in [5.41, 5.74) is 0. The summed E-state index contributed by atoms with van der Waals surface area (Å²) in [6.07, 6.45) is 0.0320. The molecule has 2 aliphatic heterocycles. The fourth-order valence-corrected chi connectivity index (χ4v) is 4.10. The summed E-state index contributed by atoms with van der Waals surface area (Å²) in [6.45, 7) is 17.9. The molecule has 20 heavy (non-hydrogen) atoms. The average molecular weight is 302 g/mol. The Kier molecular flexibility index (Phi) is 4.15. The lowest BCUT2D eigenvalue weighted by atomic mass is 10.1. The summed E-state index contributed by atoms with van der Waals surface area (Å²) in [4.78, 5) is 0. The maximum absolute atomic E-state index is 6.44. The van der Waals surface area contributed by atoms with Gasteiger partial charge in [-0.15, -0.1) is 0 Å². The average Bonchev–Trinajstić information content (AvgIpc) is 2.69. The normalized spacial score (nSPS) is 35.1. The van der Waals surface area contributed by atoms with Crippen molar-refractivity contribution in [3.8, 4) is 0 Å². The van der Waals surface area contributed by atoms with Gasteiger partial charge in [-0.2, -0.15) is 0 Å². The monoisotopic (exact) mass is 302 g/mol. The molecule has 0 aromatic carbocycles. The van der Waals surface area contributed by atoms with Crippen molar-refractivity contribution in [2.24, 2.45) is 0 Å². The Labute approximate surface area is 124 Å². The Balaban J connectivity index is 2.02. The molecule has 2 heterocycles. The molecule has 0 unspecified atom stereocenters. The Morgan fingerprint density at radius 3 is 2.35 bits per heavy atom. The van der Waals surface area contributed by atoms with Crippen LogP contribution in [0.25, 0.3) is 0 Å². The third-order valence-corrected chi connectivity index (χ3v) is 9.32. The topological polar surface area (TPSA) is 36.9 Å². The van der Waals surface area contributed by atoms with Crippen LogP contribution in [0.4, 0.5) is 0 Å². The van der Waals surface area contributed by atoms with Gasteiger partial charge in [0.2, 0.25) is 0 Å². The molecule has 4 atom stereocenters. The van der Waals surface area contributed by atoms with Crippen molar-refractivity contribution in [1.82, 2.24) is 0 Å². The molecule has 0 aromatic rings. The van der Waals surface area contributed by atoms with E-state index in [-0.39, 0.29) is 29.5 Å². The van der Waals surface area contributed by atoms with Crippen molar-refractivity contribution < 1.29 is 18.6 Å². The summed E-state index contributed by atoms with van der Waals surface area (Å²) in [6, 6.07) is 0. The van der Waals surface area contributed by atoms with E-state index in [2.05, 4.69) is 40.8 Å². The molecule has 0 spiro atoms. The van der Waals surface area contributed by atoms with Crippen LogP contribution in [-0.4, -0.2) is 45.1 Å².